The Morgan fingerprint density at radius 3 is 2.50 bits per heavy atom. The van der Waals surface area contributed by atoms with Crippen LogP contribution in [0.5, 0.6) is 0 Å². The molecule has 2 N–H and O–H groups in total. The summed E-state index contributed by atoms with van der Waals surface area (Å²) in [5, 5.41) is 0. The van der Waals surface area contributed by atoms with Gasteiger partial charge in [-0.05, 0) is 45.1 Å². The third kappa shape index (κ3) is 5.06. The molecular weight excluding hydrogens is 241 g/mol. The van der Waals surface area contributed by atoms with Crippen molar-refractivity contribution >= 4 is 0 Å². The molecule has 2 nitrogen and oxygen atoms in total. The van der Waals surface area contributed by atoms with E-state index in [0.29, 0.717) is 12.0 Å². The first kappa shape index (κ1) is 15.0. The molecule has 0 aromatic heterocycles. The Bertz CT molecular complexity index is 375. The van der Waals surface area contributed by atoms with Crippen molar-refractivity contribution in [3.05, 3.63) is 35.4 Å². The molecule has 0 aliphatic carbocycles. The average Bonchev–Trinajstić information content (AvgIpc) is 2.25. The van der Waals surface area contributed by atoms with E-state index >= 15 is 0 Å². The van der Waals surface area contributed by atoms with Gasteiger partial charge in [-0.15, -0.1) is 0 Å². The molecule has 0 aliphatic heterocycles. The second-order valence-corrected chi connectivity index (χ2v) is 4.75. The smallest absolute Gasteiger partial charge is 0.327 e. The summed E-state index contributed by atoms with van der Waals surface area (Å²) in [5.41, 5.74) is 5.93. The number of nitrogens with two attached hydrogens (primary N) is 1. The van der Waals surface area contributed by atoms with E-state index in [9.17, 15) is 13.2 Å². The van der Waals surface area contributed by atoms with Crippen LogP contribution in [0.1, 0.15) is 17.5 Å². The van der Waals surface area contributed by atoms with Crippen molar-refractivity contribution < 1.29 is 13.2 Å². The highest BCUT2D eigenvalue weighted by Gasteiger charge is 2.30. The fraction of sp³-hybridized carbons (Fsp3) is 0.538. The highest BCUT2D eigenvalue weighted by molar-refractivity contribution is 5.26. The summed E-state index contributed by atoms with van der Waals surface area (Å²) in [7, 11) is 3.88. The zero-order chi connectivity index (χ0) is 13.8. The van der Waals surface area contributed by atoms with E-state index in [4.69, 9.17) is 5.73 Å². The topological polar surface area (TPSA) is 29.3 Å². The molecule has 1 atom stereocenters. The van der Waals surface area contributed by atoms with Crippen molar-refractivity contribution in [3.63, 3.8) is 0 Å². The minimum atomic E-state index is -4.29. The molecule has 0 radical (unpaired) electrons. The summed E-state index contributed by atoms with van der Waals surface area (Å²) >= 11 is 0. The summed E-state index contributed by atoms with van der Waals surface area (Å²) in [6, 6.07) is 5.25. The van der Waals surface area contributed by atoms with Gasteiger partial charge in [-0.2, -0.15) is 13.2 Å². The second-order valence-electron chi connectivity index (χ2n) is 4.75. The number of hydrogen-bond acceptors (Lipinski definition) is 2. The fourth-order valence-corrected chi connectivity index (χ4v) is 1.70. The maximum absolute atomic E-state index is 12.5. The Balaban J connectivity index is 2.62. The molecule has 0 fully saturated rings. The summed E-state index contributed by atoms with van der Waals surface area (Å²) in [6.45, 7) is 0.833. The van der Waals surface area contributed by atoms with Gasteiger partial charge in [0.05, 0.1) is 5.56 Å². The van der Waals surface area contributed by atoms with Crippen molar-refractivity contribution in [2.75, 3.05) is 20.6 Å². The van der Waals surface area contributed by atoms with Crippen LogP contribution in [0.2, 0.25) is 0 Å². The van der Waals surface area contributed by atoms with Gasteiger partial charge >= 0.3 is 6.18 Å². The quantitative estimate of drug-likeness (QED) is 0.881. The molecule has 5 heteroatoms. The van der Waals surface area contributed by atoms with Crippen molar-refractivity contribution in [2.45, 2.75) is 25.1 Å². The standard InChI is InChI=1S/C13H19F3N2/c1-18(2)7-6-12(17)9-10-4-3-5-11(8-10)13(14,15)16/h3-5,8,12H,6-7,9,17H2,1-2H3. The largest absolute Gasteiger partial charge is 0.416 e. The monoisotopic (exact) mass is 260 g/mol. The molecule has 0 bridgehead atoms. The molecule has 0 amide bonds. The van der Waals surface area contributed by atoms with Crippen molar-refractivity contribution in [1.82, 2.24) is 4.90 Å². The molecule has 0 saturated carbocycles. The van der Waals surface area contributed by atoms with Crippen molar-refractivity contribution in [3.8, 4) is 0 Å². The van der Waals surface area contributed by atoms with Crippen LogP contribution < -0.4 is 5.73 Å². The van der Waals surface area contributed by atoms with Crippen LogP contribution in [0.25, 0.3) is 0 Å². The fourth-order valence-electron chi connectivity index (χ4n) is 1.70. The van der Waals surface area contributed by atoms with Crippen LogP contribution in [0.15, 0.2) is 24.3 Å². The third-order valence-corrected chi connectivity index (χ3v) is 2.70. The van der Waals surface area contributed by atoms with Crippen LogP contribution >= 0.6 is 0 Å². The molecule has 0 heterocycles. The average molecular weight is 260 g/mol. The predicted molar refractivity (Wildman–Crippen MR) is 66.3 cm³/mol. The molecule has 1 aromatic rings. The van der Waals surface area contributed by atoms with Crippen LogP contribution in [0.3, 0.4) is 0 Å². The van der Waals surface area contributed by atoms with Crippen LogP contribution in [-0.4, -0.2) is 31.6 Å². The lowest BCUT2D eigenvalue weighted by Crippen LogP contribution is -2.28. The molecule has 102 valence electrons. The number of halogens is 3. The molecule has 0 aliphatic rings. The van der Waals surface area contributed by atoms with E-state index in [0.717, 1.165) is 19.0 Å². The van der Waals surface area contributed by atoms with Gasteiger partial charge in [0.2, 0.25) is 0 Å². The number of benzene rings is 1. The van der Waals surface area contributed by atoms with Crippen LogP contribution in [0.4, 0.5) is 13.2 Å². The molecule has 1 rings (SSSR count). The summed E-state index contributed by atoms with van der Waals surface area (Å²) in [5.74, 6) is 0. The van der Waals surface area contributed by atoms with Gasteiger partial charge in [0, 0.05) is 6.04 Å². The van der Waals surface area contributed by atoms with Gasteiger partial charge in [0.25, 0.3) is 0 Å². The normalized spacial score (nSPS) is 13.9. The van der Waals surface area contributed by atoms with Crippen molar-refractivity contribution in [1.29, 1.82) is 0 Å². The first-order chi connectivity index (χ1) is 8.29. The summed E-state index contributed by atoms with van der Waals surface area (Å²) < 4.78 is 37.6. The van der Waals surface area contributed by atoms with E-state index in [1.54, 1.807) is 6.07 Å². The molecule has 1 unspecified atom stereocenters. The van der Waals surface area contributed by atoms with Gasteiger partial charge in [-0.3, -0.25) is 0 Å². The Hall–Kier alpha value is -1.07. The zero-order valence-electron chi connectivity index (χ0n) is 10.7. The molecule has 0 spiro atoms. The Morgan fingerprint density at radius 2 is 1.94 bits per heavy atom. The number of hydrogen-bond donors (Lipinski definition) is 1. The zero-order valence-corrected chi connectivity index (χ0v) is 10.7. The lowest BCUT2D eigenvalue weighted by molar-refractivity contribution is -0.137. The lowest BCUT2D eigenvalue weighted by Gasteiger charge is -2.16. The maximum atomic E-state index is 12.5. The maximum Gasteiger partial charge on any atom is 0.416 e. The van der Waals surface area contributed by atoms with E-state index in [-0.39, 0.29) is 6.04 Å². The summed E-state index contributed by atoms with van der Waals surface area (Å²) in [4.78, 5) is 2.01. The summed E-state index contributed by atoms with van der Waals surface area (Å²) in [6.07, 6.45) is -3.05. The molecule has 1 aromatic carbocycles. The molecule has 18 heavy (non-hydrogen) atoms. The van der Waals surface area contributed by atoms with Gasteiger partial charge < -0.3 is 10.6 Å². The van der Waals surface area contributed by atoms with Crippen LogP contribution in [0, 0.1) is 0 Å². The first-order valence-electron chi connectivity index (χ1n) is 5.85. The third-order valence-electron chi connectivity index (χ3n) is 2.70. The highest BCUT2D eigenvalue weighted by Crippen LogP contribution is 2.29. The Kier molecular flexibility index (Phi) is 5.16. The number of nitrogens with zero attached hydrogens (tertiary/aromatic N) is 1. The van der Waals surface area contributed by atoms with E-state index in [1.807, 2.05) is 19.0 Å². The van der Waals surface area contributed by atoms with E-state index in [2.05, 4.69) is 0 Å². The highest BCUT2D eigenvalue weighted by atomic mass is 19.4. The van der Waals surface area contributed by atoms with E-state index < -0.39 is 11.7 Å². The van der Waals surface area contributed by atoms with Gasteiger partial charge in [0.1, 0.15) is 0 Å². The molecule has 0 saturated heterocycles. The van der Waals surface area contributed by atoms with E-state index in [1.165, 1.54) is 12.1 Å². The first-order valence-corrected chi connectivity index (χ1v) is 5.85. The minimum Gasteiger partial charge on any atom is -0.327 e. The predicted octanol–water partition coefficient (Wildman–Crippen LogP) is 2.53. The molecular formula is C13H19F3N2. The van der Waals surface area contributed by atoms with Crippen LogP contribution in [-0.2, 0) is 12.6 Å². The van der Waals surface area contributed by atoms with Crippen molar-refractivity contribution in [2.24, 2.45) is 5.73 Å². The van der Waals surface area contributed by atoms with Gasteiger partial charge in [-0.1, -0.05) is 18.2 Å². The number of rotatable bonds is 5. The minimum absolute atomic E-state index is 0.115. The van der Waals surface area contributed by atoms with Gasteiger partial charge in [0.15, 0.2) is 0 Å². The second kappa shape index (κ2) is 6.20. The Morgan fingerprint density at radius 1 is 1.28 bits per heavy atom. The lowest BCUT2D eigenvalue weighted by atomic mass is 10.0. The Labute approximate surface area is 106 Å². The van der Waals surface area contributed by atoms with Gasteiger partial charge in [-0.25, -0.2) is 0 Å². The SMILES string of the molecule is CN(C)CCC(N)Cc1cccc(C(F)(F)F)c1. The number of alkyl halides is 3.